The van der Waals surface area contributed by atoms with Crippen molar-refractivity contribution in [2.24, 2.45) is 11.8 Å². The molecule has 17 heavy (non-hydrogen) atoms. The number of nitrogens with one attached hydrogen (secondary N) is 1. The van der Waals surface area contributed by atoms with Gasteiger partial charge in [0.05, 0.1) is 0 Å². The molecule has 0 spiro atoms. The zero-order valence-corrected chi connectivity index (χ0v) is 12.5. The molecule has 1 N–H and O–H groups in total. The average molecular weight is 240 g/mol. The molecular formula is C15H32N2. The fourth-order valence-corrected chi connectivity index (χ4v) is 3.04. The molecular weight excluding hydrogens is 208 g/mol. The van der Waals surface area contributed by atoms with Crippen LogP contribution in [0.15, 0.2) is 0 Å². The van der Waals surface area contributed by atoms with E-state index in [-0.39, 0.29) is 0 Å². The predicted octanol–water partition coefficient (Wildman–Crippen LogP) is 3.13. The molecule has 2 heteroatoms. The summed E-state index contributed by atoms with van der Waals surface area (Å²) in [5.41, 5.74) is 0. The van der Waals surface area contributed by atoms with E-state index in [1.54, 1.807) is 0 Å². The predicted molar refractivity (Wildman–Crippen MR) is 76.4 cm³/mol. The third-order valence-electron chi connectivity index (χ3n) is 4.23. The molecule has 1 fully saturated rings. The number of rotatable bonds is 6. The van der Waals surface area contributed by atoms with Crippen LogP contribution in [0.3, 0.4) is 0 Å². The van der Waals surface area contributed by atoms with Crippen LogP contribution < -0.4 is 5.32 Å². The summed E-state index contributed by atoms with van der Waals surface area (Å²) >= 11 is 0. The minimum atomic E-state index is 0.641. The van der Waals surface area contributed by atoms with Crippen LogP contribution in [0.1, 0.15) is 52.9 Å². The second-order valence-electron chi connectivity index (χ2n) is 6.34. The molecule has 0 aromatic heterocycles. The largest absolute Gasteiger partial charge is 0.309 e. The fourth-order valence-electron chi connectivity index (χ4n) is 3.04. The Hall–Kier alpha value is -0.0800. The minimum absolute atomic E-state index is 0.641. The maximum absolute atomic E-state index is 3.95. The quantitative estimate of drug-likeness (QED) is 0.767. The smallest absolute Gasteiger partial charge is 0.0220 e. The van der Waals surface area contributed by atoms with E-state index in [1.807, 2.05) is 0 Å². The van der Waals surface area contributed by atoms with E-state index in [1.165, 1.54) is 32.1 Å². The van der Waals surface area contributed by atoms with E-state index in [9.17, 15) is 0 Å². The summed E-state index contributed by atoms with van der Waals surface area (Å²) in [6.07, 6.45) is 7.01. The Labute approximate surface area is 108 Å². The van der Waals surface area contributed by atoms with E-state index in [4.69, 9.17) is 0 Å². The van der Waals surface area contributed by atoms with E-state index >= 15 is 0 Å². The van der Waals surface area contributed by atoms with Crippen molar-refractivity contribution in [1.82, 2.24) is 10.2 Å². The van der Waals surface area contributed by atoms with Crippen LogP contribution in [-0.4, -0.2) is 37.6 Å². The molecule has 1 saturated carbocycles. The van der Waals surface area contributed by atoms with Gasteiger partial charge in [0.2, 0.25) is 0 Å². The van der Waals surface area contributed by atoms with Crippen molar-refractivity contribution in [3.63, 3.8) is 0 Å². The average Bonchev–Trinajstić information content (AvgIpc) is 2.28. The minimum Gasteiger partial charge on any atom is -0.309 e. The van der Waals surface area contributed by atoms with Crippen molar-refractivity contribution in [3.8, 4) is 0 Å². The van der Waals surface area contributed by atoms with Gasteiger partial charge in [-0.25, -0.2) is 0 Å². The molecule has 0 bridgehead atoms. The molecule has 3 unspecified atom stereocenters. The monoisotopic (exact) mass is 240 g/mol. The maximum Gasteiger partial charge on any atom is 0.0220 e. The summed E-state index contributed by atoms with van der Waals surface area (Å²) in [5.74, 6) is 1.63. The van der Waals surface area contributed by atoms with Crippen molar-refractivity contribution < 1.29 is 0 Å². The maximum atomic E-state index is 3.95. The number of nitrogens with zero attached hydrogens (tertiary/aromatic N) is 1. The molecule has 3 atom stereocenters. The summed E-state index contributed by atoms with van der Waals surface area (Å²) < 4.78 is 0. The third kappa shape index (κ3) is 4.97. The highest BCUT2D eigenvalue weighted by molar-refractivity contribution is 4.85. The Kier molecular flexibility index (Phi) is 6.50. The SMILES string of the molecule is CCC1CCCCC1NC(CN(C)C)C(C)C. The van der Waals surface area contributed by atoms with Crippen molar-refractivity contribution in [2.75, 3.05) is 20.6 Å². The summed E-state index contributed by atoms with van der Waals surface area (Å²) in [6.45, 7) is 8.18. The number of hydrogen-bond donors (Lipinski definition) is 1. The summed E-state index contributed by atoms with van der Waals surface area (Å²) in [7, 11) is 4.35. The molecule has 0 amide bonds. The zero-order valence-electron chi connectivity index (χ0n) is 12.5. The zero-order chi connectivity index (χ0) is 12.8. The second-order valence-corrected chi connectivity index (χ2v) is 6.34. The molecule has 0 aliphatic heterocycles. The summed E-state index contributed by atoms with van der Waals surface area (Å²) in [4.78, 5) is 2.31. The van der Waals surface area contributed by atoms with Gasteiger partial charge in [-0.1, -0.05) is 40.0 Å². The Morgan fingerprint density at radius 1 is 1.18 bits per heavy atom. The molecule has 1 aliphatic rings. The Bertz CT molecular complexity index is 201. The van der Waals surface area contributed by atoms with Gasteiger partial charge in [-0.05, 0) is 38.8 Å². The van der Waals surface area contributed by atoms with Crippen molar-refractivity contribution in [3.05, 3.63) is 0 Å². The van der Waals surface area contributed by atoms with Crippen LogP contribution in [0.5, 0.6) is 0 Å². The Morgan fingerprint density at radius 3 is 2.35 bits per heavy atom. The first-order valence-electron chi connectivity index (χ1n) is 7.45. The van der Waals surface area contributed by atoms with E-state index in [2.05, 4.69) is 45.1 Å². The lowest BCUT2D eigenvalue weighted by Crippen LogP contribution is -2.50. The first kappa shape index (κ1) is 15.0. The Balaban J connectivity index is 2.51. The van der Waals surface area contributed by atoms with E-state index < -0.39 is 0 Å². The van der Waals surface area contributed by atoms with E-state index in [0.717, 1.165) is 24.4 Å². The van der Waals surface area contributed by atoms with Gasteiger partial charge >= 0.3 is 0 Å². The first-order valence-corrected chi connectivity index (χ1v) is 7.45. The lowest BCUT2D eigenvalue weighted by molar-refractivity contribution is 0.196. The van der Waals surface area contributed by atoms with Crippen LogP contribution in [-0.2, 0) is 0 Å². The molecule has 1 aliphatic carbocycles. The highest BCUT2D eigenvalue weighted by atomic mass is 15.1. The van der Waals surface area contributed by atoms with Gasteiger partial charge in [0.25, 0.3) is 0 Å². The van der Waals surface area contributed by atoms with Crippen LogP contribution in [0.25, 0.3) is 0 Å². The van der Waals surface area contributed by atoms with Gasteiger partial charge in [0, 0.05) is 18.6 Å². The molecule has 102 valence electrons. The molecule has 0 aromatic rings. The molecule has 0 saturated heterocycles. The fraction of sp³-hybridized carbons (Fsp3) is 1.00. The van der Waals surface area contributed by atoms with Gasteiger partial charge < -0.3 is 10.2 Å². The van der Waals surface area contributed by atoms with Crippen LogP contribution >= 0.6 is 0 Å². The lowest BCUT2D eigenvalue weighted by Gasteiger charge is -2.37. The molecule has 0 radical (unpaired) electrons. The van der Waals surface area contributed by atoms with E-state index in [0.29, 0.717) is 6.04 Å². The number of hydrogen-bond acceptors (Lipinski definition) is 2. The van der Waals surface area contributed by atoms with Crippen LogP contribution in [0.2, 0.25) is 0 Å². The van der Waals surface area contributed by atoms with Crippen LogP contribution in [0, 0.1) is 11.8 Å². The second kappa shape index (κ2) is 7.38. The highest BCUT2D eigenvalue weighted by Gasteiger charge is 2.26. The van der Waals surface area contributed by atoms with Gasteiger partial charge in [-0.2, -0.15) is 0 Å². The van der Waals surface area contributed by atoms with Crippen molar-refractivity contribution in [1.29, 1.82) is 0 Å². The first-order chi connectivity index (χ1) is 8.04. The van der Waals surface area contributed by atoms with Gasteiger partial charge in [0.15, 0.2) is 0 Å². The van der Waals surface area contributed by atoms with Gasteiger partial charge in [-0.15, -0.1) is 0 Å². The van der Waals surface area contributed by atoms with Crippen LogP contribution in [0.4, 0.5) is 0 Å². The topological polar surface area (TPSA) is 15.3 Å². The molecule has 2 nitrogen and oxygen atoms in total. The molecule has 1 rings (SSSR count). The van der Waals surface area contributed by atoms with Crippen molar-refractivity contribution >= 4 is 0 Å². The summed E-state index contributed by atoms with van der Waals surface area (Å²) in [6, 6.07) is 1.41. The molecule has 0 aromatic carbocycles. The third-order valence-corrected chi connectivity index (χ3v) is 4.23. The highest BCUT2D eigenvalue weighted by Crippen LogP contribution is 2.27. The normalized spacial score (nSPS) is 27.7. The molecule has 0 heterocycles. The summed E-state index contributed by atoms with van der Waals surface area (Å²) in [5, 5.41) is 3.95. The number of likely N-dealkylation sites (N-methyl/N-ethyl adjacent to an activating group) is 1. The van der Waals surface area contributed by atoms with Gasteiger partial charge in [0.1, 0.15) is 0 Å². The van der Waals surface area contributed by atoms with Gasteiger partial charge in [-0.3, -0.25) is 0 Å². The standard InChI is InChI=1S/C15H32N2/c1-6-13-9-7-8-10-14(13)16-15(12(2)3)11-17(4)5/h12-16H,6-11H2,1-5H3. The van der Waals surface area contributed by atoms with Crippen molar-refractivity contribution in [2.45, 2.75) is 65.0 Å². The Morgan fingerprint density at radius 2 is 1.82 bits per heavy atom. The lowest BCUT2D eigenvalue weighted by atomic mass is 9.82.